The summed E-state index contributed by atoms with van der Waals surface area (Å²) in [6.07, 6.45) is 1.70. The number of thiazole rings is 1. The van der Waals surface area contributed by atoms with Gasteiger partial charge in [-0.2, -0.15) is 0 Å². The Hall–Kier alpha value is -3.51. The number of carbonyl (C=O) groups excluding carboxylic acids is 1. The minimum atomic E-state index is -0.226. The number of thiophene rings is 1. The molecule has 0 saturated carbocycles. The molecule has 4 aromatic heterocycles. The number of ether oxygens (including phenoxy) is 1. The van der Waals surface area contributed by atoms with Crippen molar-refractivity contribution in [3.05, 3.63) is 77.1 Å². The van der Waals surface area contributed by atoms with Gasteiger partial charge in [-0.05, 0) is 53.4 Å². The largest absolute Gasteiger partial charge is 0.483 e. The average Bonchev–Trinajstić information content (AvgIpc) is 3.67. The van der Waals surface area contributed by atoms with Crippen molar-refractivity contribution in [3.8, 4) is 16.2 Å². The van der Waals surface area contributed by atoms with E-state index in [4.69, 9.17) is 20.8 Å². The zero-order chi connectivity index (χ0) is 25.2. The molecular formula is C25H16ClN5O3S3. The van der Waals surface area contributed by atoms with E-state index in [1.54, 1.807) is 23.6 Å². The third-order valence-corrected chi connectivity index (χ3v) is 8.14. The van der Waals surface area contributed by atoms with Gasteiger partial charge in [0.15, 0.2) is 11.7 Å². The summed E-state index contributed by atoms with van der Waals surface area (Å²) in [7, 11) is 0. The van der Waals surface area contributed by atoms with Gasteiger partial charge in [0, 0.05) is 21.5 Å². The molecule has 0 unspecified atom stereocenters. The molecule has 2 aromatic carbocycles. The van der Waals surface area contributed by atoms with Crippen LogP contribution >= 0.6 is 46.0 Å². The molecule has 0 aliphatic heterocycles. The molecule has 0 aliphatic carbocycles. The molecule has 37 heavy (non-hydrogen) atoms. The van der Waals surface area contributed by atoms with Crippen molar-refractivity contribution in [2.24, 2.45) is 0 Å². The summed E-state index contributed by atoms with van der Waals surface area (Å²) in [5.41, 5.74) is 2.72. The summed E-state index contributed by atoms with van der Waals surface area (Å²) in [6, 6.07) is 17.4. The van der Waals surface area contributed by atoms with Gasteiger partial charge in [0.2, 0.25) is 5.91 Å². The van der Waals surface area contributed by atoms with E-state index in [-0.39, 0.29) is 23.5 Å². The van der Waals surface area contributed by atoms with Crippen molar-refractivity contribution >= 4 is 78.2 Å². The summed E-state index contributed by atoms with van der Waals surface area (Å²) in [5, 5.41) is 15.2. The molecule has 12 heteroatoms. The Morgan fingerprint density at radius 3 is 2.92 bits per heavy atom. The minimum absolute atomic E-state index is 0.0936. The van der Waals surface area contributed by atoms with E-state index < -0.39 is 0 Å². The first-order valence-corrected chi connectivity index (χ1v) is 14.0. The van der Waals surface area contributed by atoms with E-state index in [0.29, 0.717) is 21.8 Å². The normalized spacial score (nSPS) is 11.3. The van der Waals surface area contributed by atoms with Crippen molar-refractivity contribution < 1.29 is 13.9 Å². The van der Waals surface area contributed by atoms with Crippen LogP contribution in [0.3, 0.4) is 0 Å². The van der Waals surface area contributed by atoms with Crippen LogP contribution in [0.25, 0.3) is 31.6 Å². The molecule has 1 N–H and O–H groups in total. The predicted octanol–water partition coefficient (Wildman–Crippen LogP) is 6.92. The Kier molecular flexibility index (Phi) is 6.75. The van der Waals surface area contributed by atoms with Crippen LogP contribution in [-0.2, 0) is 11.4 Å². The van der Waals surface area contributed by atoms with Crippen molar-refractivity contribution in [1.29, 1.82) is 0 Å². The maximum absolute atomic E-state index is 12.4. The Balaban J connectivity index is 1.07. The molecule has 0 fully saturated rings. The minimum Gasteiger partial charge on any atom is -0.483 e. The number of hydrogen-bond acceptors (Lipinski definition) is 10. The van der Waals surface area contributed by atoms with E-state index in [9.17, 15) is 4.79 Å². The van der Waals surface area contributed by atoms with Crippen LogP contribution in [0.5, 0.6) is 5.75 Å². The second-order valence-electron chi connectivity index (χ2n) is 7.74. The average molecular weight is 566 g/mol. The lowest BCUT2D eigenvalue weighted by molar-refractivity contribution is -0.113. The molecule has 6 rings (SSSR count). The van der Waals surface area contributed by atoms with Crippen LogP contribution in [0.4, 0.5) is 5.13 Å². The first kappa shape index (κ1) is 23.9. The van der Waals surface area contributed by atoms with Crippen LogP contribution in [0.2, 0.25) is 5.02 Å². The third kappa shape index (κ3) is 5.44. The van der Waals surface area contributed by atoms with Crippen LogP contribution in [0, 0.1) is 0 Å². The monoisotopic (exact) mass is 565 g/mol. The lowest BCUT2D eigenvalue weighted by atomic mass is 10.1. The van der Waals surface area contributed by atoms with E-state index in [1.165, 1.54) is 16.2 Å². The molecule has 0 saturated heterocycles. The number of benzene rings is 2. The molecule has 0 atom stereocenters. The van der Waals surface area contributed by atoms with Crippen LogP contribution < -0.4 is 10.1 Å². The predicted molar refractivity (Wildman–Crippen MR) is 148 cm³/mol. The van der Waals surface area contributed by atoms with Gasteiger partial charge < -0.3 is 14.5 Å². The molecule has 0 bridgehead atoms. The van der Waals surface area contributed by atoms with Crippen LogP contribution in [0.15, 0.2) is 75.8 Å². The van der Waals surface area contributed by atoms with E-state index in [2.05, 4.69) is 43.7 Å². The van der Waals surface area contributed by atoms with Gasteiger partial charge in [-0.3, -0.25) is 9.78 Å². The highest BCUT2D eigenvalue weighted by Crippen LogP contribution is 2.32. The fourth-order valence-electron chi connectivity index (χ4n) is 3.57. The van der Waals surface area contributed by atoms with Crippen LogP contribution in [0.1, 0.15) is 5.89 Å². The van der Waals surface area contributed by atoms with Gasteiger partial charge in [-0.1, -0.05) is 46.8 Å². The summed E-state index contributed by atoms with van der Waals surface area (Å²) in [6.45, 7) is 0.0936. The summed E-state index contributed by atoms with van der Waals surface area (Å²) in [5.74, 6) is 0.855. The number of pyridine rings is 1. The zero-order valence-electron chi connectivity index (χ0n) is 18.9. The first-order chi connectivity index (χ1) is 18.1. The molecular weight excluding hydrogens is 550 g/mol. The Morgan fingerprint density at radius 1 is 1.11 bits per heavy atom. The zero-order valence-corrected chi connectivity index (χ0v) is 22.1. The molecule has 0 aliphatic rings. The standard InChI is InChI=1S/C25H16ClN5O3S3/c26-15-4-6-18-21(11-15)37-24(28-18)29-22(32)13-36-25-31-30-23(34-25)12-33-19-7-8-27-17-5-3-14(10-16(17)19)20-2-1-9-35-20/h1-11H,12-13H2,(H,28,29,32). The van der Waals surface area contributed by atoms with E-state index >= 15 is 0 Å². The number of amides is 1. The van der Waals surface area contributed by atoms with Crippen LogP contribution in [-0.4, -0.2) is 31.8 Å². The van der Waals surface area contributed by atoms with Crippen molar-refractivity contribution in [3.63, 3.8) is 0 Å². The summed E-state index contributed by atoms with van der Waals surface area (Å²) >= 11 is 10.2. The topological polar surface area (TPSA) is 103 Å². The van der Waals surface area contributed by atoms with Gasteiger partial charge in [0.1, 0.15) is 5.75 Å². The fourth-order valence-corrected chi connectivity index (χ4v) is 6.03. The number of thioether (sulfide) groups is 1. The quantitative estimate of drug-likeness (QED) is 0.198. The summed E-state index contributed by atoms with van der Waals surface area (Å²) < 4.78 is 12.6. The number of rotatable bonds is 8. The maximum Gasteiger partial charge on any atom is 0.277 e. The van der Waals surface area contributed by atoms with Gasteiger partial charge >= 0.3 is 0 Å². The second-order valence-corrected chi connectivity index (χ2v) is 11.1. The lowest BCUT2D eigenvalue weighted by Gasteiger charge is -2.08. The molecule has 6 aromatic rings. The number of nitrogens with zero attached hydrogens (tertiary/aromatic N) is 4. The van der Waals surface area contributed by atoms with Crippen molar-refractivity contribution in [2.45, 2.75) is 11.8 Å². The second kappa shape index (κ2) is 10.5. The molecule has 4 heterocycles. The van der Waals surface area contributed by atoms with Gasteiger partial charge in [-0.15, -0.1) is 21.5 Å². The number of halogens is 1. The molecule has 0 spiro atoms. The maximum atomic E-state index is 12.4. The number of fused-ring (bicyclic) bond motifs is 2. The number of aromatic nitrogens is 4. The lowest BCUT2D eigenvalue weighted by Crippen LogP contribution is -2.13. The highest BCUT2D eigenvalue weighted by molar-refractivity contribution is 7.99. The van der Waals surface area contributed by atoms with Gasteiger partial charge in [-0.25, -0.2) is 4.98 Å². The highest BCUT2D eigenvalue weighted by atomic mass is 35.5. The van der Waals surface area contributed by atoms with E-state index in [0.717, 1.165) is 38.4 Å². The Bertz CT molecular complexity index is 1720. The van der Waals surface area contributed by atoms with Gasteiger partial charge in [0.25, 0.3) is 11.1 Å². The smallest absolute Gasteiger partial charge is 0.277 e. The number of anilines is 1. The van der Waals surface area contributed by atoms with E-state index in [1.807, 2.05) is 35.7 Å². The summed E-state index contributed by atoms with van der Waals surface area (Å²) in [4.78, 5) is 22.4. The Labute approximate surface area is 227 Å². The van der Waals surface area contributed by atoms with Crippen molar-refractivity contribution in [2.75, 3.05) is 11.1 Å². The Morgan fingerprint density at radius 2 is 2.03 bits per heavy atom. The molecule has 184 valence electrons. The number of hydrogen-bond donors (Lipinski definition) is 1. The first-order valence-electron chi connectivity index (χ1n) is 11.0. The van der Waals surface area contributed by atoms with Crippen molar-refractivity contribution in [1.82, 2.24) is 20.2 Å². The molecule has 0 radical (unpaired) electrons. The molecule has 8 nitrogen and oxygen atoms in total. The molecule has 1 amide bonds. The number of nitrogens with one attached hydrogen (secondary N) is 1. The fraction of sp³-hybridized carbons (Fsp3) is 0.0800. The SMILES string of the molecule is O=C(CSc1nnc(COc2ccnc3ccc(-c4cccs4)cc23)o1)Nc1nc2ccc(Cl)cc2s1. The highest BCUT2D eigenvalue weighted by Gasteiger charge is 2.14. The number of carbonyl (C=O) groups is 1. The third-order valence-electron chi connectivity index (χ3n) is 5.23. The van der Waals surface area contributed by atoms with Gasteiger partial charge in [0.05, 0.1) is 21.5 Å².